The topological polar surface area (TPSA) is 82.5 Å². The van der Waals surface area contributed by atoms with Crippen LogP contribution in [0.2, 0.25) is 0 Å². The average molecular weight is 474 g/mol. The van der Waals surface area contributed by atoms with Crippen LogP contribution in [0.3, 0.4) is 0 Å². The third-order valence-electron chi connectivity index (χ3n) is 5.67. The van der Waals surface area contributed by atoms with Crippen molar-refractivity contribution in [3.8, 4) is 17.2 Å². The lowest BCUT2D eigenvalue weighted by atomic mass is 10.1. The Morgan fingerprint density at radius 2 is 1.79 bits per heavy atom. The Kier molecular flexibility index (Phi) is 5.98. The van der Waals surface area contributed by atoms with Crippen molar-refractivity contribution >= 4 is 28.6 Å². The number of carbonyl (C=O) groups excluding carboxylic acids is 1. The van der Waals surface area contributed by atoms with Gasteiger partial charge in [0, 0.05) is 6.54 Å². The van der Waals surface area contributed by atoms with E-state index in [0.717, 1.165) is 22.4 Å². The van der Waals surface area contributed by atoms with Crippen LogP contribution in [0.1, 0.15) is 16.7 Å². The van der Waals surface area contributed by atoms with Gasteiger partial charge in [-0.05, 0) is 54.8 Å². The molecule has 172 valence electrons. The number of fused-ring (bicyclic) bond motifs is 2. The molecular weight excluding hydrogens is 450 g/mol. The predicted molar refractivity (Wildman–Crippen MR) is 132 cm³/mol. The molecule has 0 saturated heterocycles. The summed E-state index contributed by atoms with van der Waals surface area (Å²) in [7, 11) is 0. The van der Waals surface area contributed by atoms with Gasteiger partial charge >= 0.3 is 0 Å². The van der Waals surface area contributed by atoms with Gasteiger partial charge in [-0.1, -0.05) is 48.2 Å². The van der Waals surface area contributed by atoms with Crippen LogP contribution in [0, 0.1) is 13.8 Å². The number of benzene rings is 3. The van der Waals surface area contributed by atoms with Crippen LogP contribution in [-0.4, -0.2) is 28.0 Å². The SMILES string of the molecule is Cc1cccc(C)c1-n1c(SCC(=O)NCc2ccc3c(c2)OCO3)nc2ccccc2c1=O. The molecule has 1 aliphatic heterocycles. The fourth-order valence-electron chi connectivity index (χ4n) is 4.00. The quantitative estimate of drug-likeness (QED) is 0.335. The Bertz CT molecular complexity index is 1440. The van der Waals surface area contributed by atoms with E-state index >= 15 is 0 Å². The molecule has 0 unspecified atom stereocenters. The molecule has 7 nitrogen and oxygen atoms in total. The van der Waals surface area contributed by atoms with E-state index in [1.165, 1.54) is 11.8 Å². The molecule has 0 spiro atoms. The van der Waals surface area contributed by atoms with Crippen molar-refractivity contribution < 1.29 is 14.3 Å². The summed E-state index contributed by atoms with van der Waals surface area (Å²) in [5.41, 5.74) is 4.11. The fourth-order valence-corrected chi connectivity index (χ4v) is 4.83. The average Bonchev–Trinajstić information content (AvgIpc) is 3.31. The molecule has 0 radical (unpaired) electrons. The molecule has 5 rings (SSSR count). The number of nitrogens with one attached hydrogen (secondary N) is 1. The van der Waals surface area contributed by atoms with Gasteiger partial charge in [0.1, 0.15) is 0 Å². The highest BCUT2D eigenvalue weighted by Crippen LogP contribution is 2.32. The molecule has 8 heteroatoms. The third-order valence-corrected chi connectivity index (χ3v) is 6.61. The second kappa shape index (κ2) is 9.23. The number of aryl methyl sites for hydroxylation is 2. The summed E-state index contributed by atoms with van der Waals surface area (Å²) < 4.78 is 12.3. The smallest absolute Gasteiger partial charge is 0.266 e. The minimum atomic E-state index is -0.155. The molecule has 0 bridgehead atoms. The van der Waals surface area contributed by atoms with Gasteiger partial charge in [-0.25, -0.2) is 4.98 Å². The van der Waals surface area contributed by atoms with Gasteiger partial charge in [0.15, 0.2) is 16.7 Å². The number of carbonyl (C=O) groups is 1. The Morgan fingerprint density at radius 3 is 2.62 bits per heavy atom. The zero-order chi connectivity index (χ0) is 23.7. The van der Waals surface area contributed by atoms with E-state index in [9.17, 15) is 9.59 Å². The summed E-state index contributed by atoms with van der Waals surface area (Å²) in [6.07, 6.45) is 0. The first-order chi connectivity index (χ1) is 16.5. The van der Waals surface area contributed by atoms with Crippen LogP contribution in [0.5, 0.6) is 11.5 Å². The van der Waals surface area contributed by atoms with Crippen LogP contribution in [0.25, 0.3) is 16.6 Å². The lowest BCUT2D eigenvalue weighted by Crippen LogP contribution is -2.26. The largest absolute Gasteiger partial charge is 0.454 e. The highest BCUT2D eigenvalue weighted by Gasteiger charge is 2.18. The molecule has 1 N–H and O–H groups in total. The lowest BCUT2D eigenvalue weighted by molar-refractivity contribution is -0.118. The monoisotopic (exact) mass is 473 g/mol. The molecule has 2 heterocycles. The number of hydrogen-bond acceptors (Lipinski definition) is 6. The van der Waals surface area contributed by atoms with Crippen LogP contribution in [0.4, 0.5) is 0 Å². The molecule has 3 aromatic carbocycles. The van der Waals surface area contributed by atoms with Crippen LogP contribution in [-0.2, 0) is 11.3 Å². The number of thioether (sulfide) groups is 1. The Hall–Kier alpha value is -3.78. The maximum absolute atomic E-state index is 13.5. The maximum Gasteiger partial charge on any atom is 0.266 e. The molecule has 0 fully saturated rings. The van der Waals surface area contributed by atoms with Crippen molar-refractivity contribution in [3.05, 3.63) is 87.7 Å². The fraction of sp³-hybridized carbons (Fsp3) is 0.192. The Balaban J connectivity index is 1.40. The van der Waals surface area contributed by atoms with Gasteiger partial charge in [-0.15, -0.1) is 0 Å². The second-order valence-electron chi connectivity index (χ2n) is 8.05. The molecule has 1 aliphatic rings. The predicted octanol–water partition coefficient (Wildman–Crippen LogP) is 4.14. The number of aromatic nitrogens is 2. The highest BCUT2D eigenvalue weighted by molar-refractivity contribution is 7.99. The minimum Gasteiger partial charge on any atom is -0.454 e. The number of ether oxygens (including phenoxy) is 2. The zero-order valence-corrected chi connectivity index (χ0v) is 19.6. The van der Waals surface area contributed by atoms with Crippen LogP contribution in [0.15, 0.2) is 70.6 Å². The summed E-state index contributed by atoms with van der Waals surface area (Å²) in [4.78, 5) is 30.9. The maximum atomic E-state index is 13.5. The second-order valence-corrected chi connectivity index (χ2v) is 8.99. The van der Waals surface area contributed by atoms with Gasteiger partial charge < -0.3 is 14.8 Å². The summed E-state index contributed by atoms with van der Waals surface area (Å²) >= 11 is 1.25. The first kappa shape index (κ1) is 22.0. The standard InChI is InChI=1S/C26H23N3O4S/c1-16-6-5-7-17(2)24(16)29-25(31)19-8-3-4-9-20(19)28-26(29)34-14-23(30)27-13-18-10-11-21-22(12-18)33-15-32-21/h3-12H,13-15H2,1-2H3,(H,27,30). The van der Waals surface area contributed by atoms with Crippen LogP contribution < -0.4 is 20.3 Å². The summed E-state index contributed by atoms with van der Waals surface area (Å²) in [6.45, 7) is 4.51. The number of para-hydroxylation sites is 2. The van der Waals surface area contributed by atoms with Crippen molar-refractivity contribution in [3.63, 3.8) is 0 Å². The molecular formula is C26H23N3O4S. The van der Waals surface area contributed by atoms with E-state index in [1.807, 2.05) is 68.4 Å². The minimum absolute atomic E-state index is 0.125. The summed E-state index contributed by atoms with van der Waals surface area (Å²) in [5.74, 6) is 1.36. The van der Waals surface area contributed by atoms with Gasteiger partial charge in [0.2, 0.25) is 12.7 Å². The van der Waals surface area contributed by atoms with Crippen molar-refractivity contribution in [1.29, 1.82) is 0 Å². The molecule has 34 heavy (non-hydrogen) atoms. The van der Waals surface area contributed by atoms with Gasteiger partial charge in [-0.2, -0.15) is 0 Å². The molecule has 1 amide bonds. The lowest BCUT2D eigenvalue weighted by Gasteiger charge is -2.17. The van der Waals surface area contributed by atoms with E-state index in [-0.39, 0.29) is 24.0 Å². The summed E-state index contributed by atoms with van der Waals surface area (Å²) in [5, 5.41) is 3.95. The number of amides is 1. The molecule has 0 atom stereocenters. The summed E-state index contributed by atoms with van der Waals surface area (Å²) in [6, 6.07) is 18.8. The third kappa shape index (κ3) is 4.24. The Labute approximate surface area is 200 Å². The van der Waals surface area contributed by atoms with E-state index in [2.05, 4.69) is 5.32 Å². The van der Waals surface area contributed by atoms with Crippen LogP contribution >= 0.6 is 11.8 Å². The number of nitrogens with zero attached hydrogens (tertiary/aromatic N) is 2. The van der Waals surface area contributed by atoms with Gasteiger partial charge in [-0.3, -0.25) is 14.2 Å². The van der Waals surface area contributed by atoms with Crippen molar-refractivity contribution in [1.82, 2.24) is 14.9 Å². The van der Waals surface area contributed by atoms with E-state index in [0.29, 0.717) is 34.1 Å². The zero-order valence-electron chi connectivity index (χ0n) is 18.8. The highest BCUT2D eigenvalue weighted by atomic mass is 32.2. The van der Waals surface area contributed by atoms with Crippen molar-refractivity contribution in [2.45, 2.75) is 25.5 Å². The Morgan fingerprint density at radius 1 is 1.03 bits per heavy atom. The molecule has 0 aliphatic carbocycles. The number of hydrogen-bond donors (Lipinski definition) is 1. The van der Waals surface area contributed by atoms with E-state index < -0.39 is 0 Å². The van der Waals surface area contributed by atoms with Crippen molar-refractivity contribution in [2.24, 2.45) is 0 Å². The van der Waals surface area contributed by atoms with E-state index in [4.69, 9.17) is 14.5 Å². The molecule has 4 aromatic rings. The molecule has 1 aromatic heterocycles. The van der Waals surface area contributed by atoms with Gasteiger partial charge in [0.25, 0.3) is 5.56 Å². The normalized spacial score (nSPS) is 12.2. The first-order valence-corrected chi connectivity index (χ1v) is 11.9. The van der Waals surface area contributed by atoms with Gasteiger partial charge in [0.05, 0.1) is 22.3 Å². The first-order valence-electron chi connectivity index (χ1n) is 10.9. The van der Waals surface area contributed by atoms with Crippen molar-refractivity contribution in [2.75, 3.05) is 12.5 Å². The van der Waals surface area contributed by atoms with E-state index in [1.54, 1.807) is 10.6 Å². The molecule has 0 saturated carbocycles. The number of rotatable bonds is 6.